The van der Waals surface area contributed by atoms with Gasteiger partial charge in [0.15, 0.2) is 0 Å². The van der Waals surface area contributed by atoms with Crippen molar-refractivity contribution in [1.29, 1.82) is 0 Å². The predicted molar refractivity (Wildman–Crippen MR) is 194 cm³/mol. The van der Waals surface area contributed by atoms with Gasteiger partial charge in [0, 0.05) is 27.5 Å². The molecule has 0 spiro atoms. The lowest BCUT2D eigenvalue weighted by Gasteiger charge is -2.28. The van der Waals surface area contributed by atoms with Gasteiger partial charge in [-0.05, 0) is 93.0 Å². The molecule has 0 fully saturated rings. The van der Waals surface area contributed by atoms with Crippen molar-refractivity contribution in [2.45, 2.75) is 0 Å². The zero-order chi connectivity index (χ0) is 30.5. The molecule has 1 aromatic heterocycles. The summed E-state index contributed by atoms with van der Waals surface area (Å²) in [5.74, 6) is 0. The van der Waals surface area contributed by atoms with E-state index in [0.717, 1.165) is 50.1 Å². The number of rotatable bonds is 5. The van der Waals surface area contributed by atoms with Gasteiger partial charge in [0.2, 0.25) is 0 Å². The number of nitrogens with zero attached hydrogens (tertiary/aromatic N) is 1. The maximum Gasteiger partial charge on any atom is 0.135 e. The van der Waals surface area contributed by atoms with E-state index in [2.05, 4.69) is 169 Å². The maximum atomic E-state index is 6.12. The largest absolute Gasteiger partial charge is 0.456 e. The number of anilines is 3. The highest BCUT2D eigenvalue weighted by molar-refractivity contribution is 6.06. The number of hydrogen-bond acceptors (Lipinski definition) is 2. The van der Waals surface area contributed by atoms with Crippen LogP contribution in [0.25, 0.3) is 65.7 Å². The first kappa shape index (κ1) is 26.3. The van der Waals surface area contributed by atoms with Crippen LogP contribution in [0.1, 0.15) is 0 Å². The van der Waals surface area contributed by atoms with E-state index in [0.29, 0.717) is 0 Å². The summed E-state index contributed by atoms with van der Waals surface area (Å²) in [5, 5.41) is 7.18. The van der Waals surface area contributed by atoms with Gasteiger partial charge < -0.3 is 9.32 Å². The maximum absolute atomic E-state index is 6.12. The van der Waals surface area contributed by atoms with E-state index in [-0.39, 0.29) is 0 Å². The third-order valence-electron chi connectivity index (χ3n) is 9.01. The highest BCUT2D eigenvalue weighted by Crippen LogP contribution is 2.42. The fourth-order valence-corrected chi connectivity index (χ4v) is 6.75. The molecule has 0 atom stereocenters. The van der Waals surface area contributed by atoms with Crippen molar-refractivity contribution >= 4 is 60.5 Å². The van der Waals surface area contributed by atoms with E-state index in [4.69, 9.17) is 4.42 Å². The molecule has 1 heterocycles. The summed E-state index contributed by atoms with van der Waals surface area (Å²) in [6.07, 6.45) is 0. The van der Waals surface area contributed by atoms with Crippen LogP contribution in [0.15, 0.2) is 180 Å². The highest BCUT2D eigenvalue weighted by atomic mass is 16.3. The van der Waals surface area contributed by atoms with Crippen LogP contribution in [0.3, 0.4) is 0 Å². The Morgan fingerprint density at radius 1 is 0.326 bits per heavy atom. The van der Waals surface area contributed by atoms with Crippen LogP contribution in [0.2, 0.25) is 0 Å². The Balaban J connectivity index is 1.21. The van der Waals surface area contributed by atoms with Gasteiger partial charge >= 0.3 is 0 Å². The quantitative estimate of drug-likeness (QED) is 0.199. The SMILES string of the molecule is c1cc(-c2ccc3ccccc3c2)cc(N(c2cccc(-c3ccc4oc5ccccc5c4c3)c2)c2cccc3ccccc23)c1. The molecule has 9 rings (SSSR count). The highest BCUT2D eigenvalue weighted by Gasteiger charge is 2.17. The number of benzene rings is 8. The number of hydrogen-bond donors (Lipinski definition) is 0. The Labute approximate surface area is 267 Å². The average Bonchev–Trinajstić information content (AvgIpc) is 3.50. The molecule has 0 bridgehead atoms. The lowest BCUT2D eigenvalue weighted by atomic mass is 9.99. The lowest BCUT2D eigenvalue weighted by molar-refractivity contribution is 0.669. The Bertz CT molecular complexity index is 2550. The van der Waals surface area contributed by atoms with Crippen molar-refractivity contribution < 1.29 is 4.42 Å². The zero-order valence-corrected chi connectivity index (χ0v) is 25.1. The van der Waals surface area contributed by atoms with Crippen LogP contribution in [-0.2, 0) is 0 Å². The standard InChI is InChI=1S/C44H29NO/c1-2-12-32-26-35(23-22-30(32)10-1)33-14-7-16-37(27-33)45(42-20-9-13-31-11-3-4-18-39(31)42)38-17-8-15-34(28-38)36-24-25-44-41(29-36)40-19-5-6-21-43(40)46-44/h1-29H. The third kappa shape index (κ3) is 4.51. The summed E-state index contributed by atoms with van der Waals surface area (Å²) < 4.78 is 6.12. The van der Waals surface area contributed by atoms with Crippen molar-refractivity contribution in [3.8, 4) is 22.3 Å². The molecule has 0 radical (unpaired) electrons. The molecule has 216 valence electrons. The molecule has 9 aromatic rings. The van der Waals surface area contributed by atoms with Crippen molar-refractivity contribution in [2.75, 3.05) is 4.90 Å². The van der Waals surface area contributed by atoms with Crippen molar-refractivity contribution in [3.05, 3.63) is 176 Å². The minimum Gasteiger partial charge on any atom is -0.456 e. The fraction of sp³-hybridized carbons (Fsp3) is 0. The lowest BCUT2D eigenvalue weighted by Crippen LogP contribution is -2.10. The predicted octanol–water partition coefficient (Wildman–Crippen LogP) is 12.7. The second kappa shape index (κ2) is 10.8. The molecule has 0 aliphatic heterocycles. The molecule has 2 nitrogen and oxygen atoms in total. The summed E-state index contributed by atoms with van der Waals surface area (Å²) in [5.41, 5.74) is 9.86. The molecule has 0 saturated heterocycles. The number of para-hydroxylation sites is 1. The summed E-state index contributed by atoms with van der Waals surface area (Å²) >= 11 is 0. The van der Waals surface area contributed by atoms with Crippen LogP contribution in [-0.4, -0.2) is 0 Å². The Morgan fingerprint density at radius 2 is 0.891 bits per heavy atom. The minimum atomic E-state index is 0.906. The summed E-state index contributed by atoms with van der Waals surface area (Å²) in [6, 6.07) is 62.9. The van der Waals surface area contributed by atoms with Crippen molar-refractivity contribution in [1.82, 2.24) is 0 Å². The molecular formula is C44H29NO. The molecule has 2 heteroatoms. The van der Waals surface area contributed by atoms with Crippen molar-refractivity contribution in [3.63, 3.8) is 0 Å². The van der Waals surface area contributed by atoms with Crippen LogP contribution in [0, 0.1) is 0 Å². The van der Waals surface area contributed by atoms with Crippen LogP contribution < -0.4 is 4.90 Å². The average molecular weight is 588 g/mol. The Kier molecular flexibility index (Phi) is 6.17. The molecule has 0 amide bonds. The molecule has 0 aliphatic rings. The van der Waals surface area contributed by atoms with E-state index in [9.17, 15) is 0 Å². The molecule has 0 unspecified atom stereocenters. The van der Waals surface area contributed by atoms with E-state index >= 15 is 0 Å². The molecule has 0 saturated carbocycles. The van der Waals surface area contributed by atoms with Crippen molar-refractivity contribution in [2.24, 2.45) is 0 Å². The van der Waals surface area contributed by atoms with Gasteiger partial charge in [0.1, 0.15) is 11.2 Å². The zero-order valence-electron chi connectivity index (χ0n) is 25.1. The smallest absolute Gasteiger partial charge is 0.135 e. The number of fused-ring (bicyclic) bond motifs is 5. The van der Waals surface area contributed by atoms with Gasteiger partial charge in [-0.25, -0.2) is 0 Å². The van der Waals surface area contributed by atoms with E-state index < -0.39 is 0 Å². The number of furan rings is 1. The Morgan fingerprint density at radius 3 is 1.70 bits per heavy atom. The van der Waals surface area contributed by atoms with Gasteiger partial charge in [-0.1, -0.05) is 121 Å². The van der Waals surface area contributed by atoms with E-state index in [1.807, 2.05) is 12.1 Å². The molecule has 46 heavy (non-hydrogen) atoms. The van der Waals surface area contributed by atoms with Gasteiger partial charge in [0.05, 0.1) is 5.69 Å². The summed E-state index contributed by atoms with van der Waals surface area (Å²) in [6.45, 7) is 0. The van der Waals surface area contributed by atoms with Gasteiger partial charge in [0.25, 0.3) is 0 Å². The van der Waals surface area contributed by atoms with E-state index in [1.165, 1.54) is 32.7 Å². The van der Waals surface area contributed by atoms with Crippen LogP contribution >= 0.6 is 0 Å². The molecule has 0 N–H and O–H groups in total. The van der Waals surface area contributed by atoms with Gasteiger partial charge in [-0.15, -0.1) is 0 Å². The molecule has 0 aliphatic carbocycles. The van der Waals surface area contributed by atoms with Gasteiger partial charge in [-0.2, -0.15) is 0 Å². The minimum absolute atomic E-state index is 0.906. The normalized spacial score (nSPS) is 11.5. The second-order valence-corrected chi connectivity index (χ2v) is 11.8. The Hall–Kier alpha value is -6.12. The van der Waals surface area contributed by atoms with E-state index in [1.54, 1.807) is 0 Å². The first-order valence-corrected chi connectivity index (χ1v) is 15.7. The first-order valence-electron chi connectivity index (χ1n) is 15.7. The molecular weight excluding hydrogens is 558 g/mol. The topological polar surface area (TPSA) is 16.4 Å². The van der Waals surface area contributed by atoms with Crippen LogP contribution in [0.5, 0.6) is 0 Å². The van der Waals surface area contributed by atoms with Crippen LogP contribution in [0.4, 0.5) is 17.1 Å². The van der Waals surface area contributed by atoms with Gasteiger partial charge in [-0.3, -0.25) is 0 Å². The monoisotopic (exact) mass is 587 g/mol. The second-order valence-electron chi connectivity index (χ2n) is 11.8. The summed E-state index contributed by atoms with van der Waals surface area (Å²) in [4.78, 5) is 2.39. The fourth-order valence-electron chi connectivity index (χ4n) is 6.75. The molecule has 8 aromatic carbocycles. The first-order chi connectivity index (χ1) is 22.8. The summed E-state index contributed by atoms with van der Waals surface area (Å²) in [7, 11) is 0. The third-order valence-corrected chi connectivity index (χ3v) is 9.01.